The van der Waals surface area contributed by atoms with Gasteiger partial charge in [-0.25, -0.2) is 0 Å². The lowest BCUT2D eigenvalue weighted by atomic mass is 9.75. The van der Waals surface area contributed by atoms with Crippen LogP contribution in [0.3, 0.4) is 0 Å². The van der Waals surface area contributed by atoms with Crippen molar-refractivity contribution in [2.75, 3.05) is 13.6 Å². The summed E-state index contributed by atoms with van der Waals surface area (Å²) in [5.74, 6) is 0. The molecule has 1 aliphatic carbocycles. The first-order chi connectivity index (χ1) is 7.66. The monoisotopic (exact) mass is 318 g/mol. The number of nitrogens with zero attached hydrogens (tertiary/aromatic N) is 1. The fourth-order valence-corrected chi connectivity index (χ4v) is 2.62. The van der Waals surface area contributed by atoms with Gasteiger partial charge in [-0.2, -0.15) is 0 Å². The van der Waals surface area contributed by atoms with Crippen LogP contribution in [-0.4, -0.2) is 24.0 Å². The molecule has 2 rings (SSSR count). The van der Waals surface area contributed by atoms with Crippen molar-refractivity contribution in [3.8, 4) is 0 Å². The molecule has 0 radical (unpaired) electrons. The van der Waals surface area contributed by atoms with Crippen LogP contribution >= 0.6 is 28.3 Å². The first-order valence-electron chi connectivity index (χ1n) is 5.82. The van der Waals surface area contributed by atoms with E-state index in [4.69, 9.17) is 5.73 Å². The van der Waals surface area contributed by atoms with Gasteiger partial charge in [0.1, 0.15) is 0 Å². The van der Waals surface area contributed by atoms with E-state index in [1.54, 1.807) is 0 Å². The van der Waals surface area contributed by atoms with Crippen molar-refractivity contribution in [3.63, 3.8) is 0 Å². The number of nitrogens with two attached hydrogens (primary N) is 1. The third-order valence-corrected chi connectivity index (χ3v) is 4.34. The molecule has 2 nitrogen and oxygen atoms in total. The van der Waals surface area contributed by atoms with Gasteiger partial charge in [-0.15, -0.1) is 12.4 Å². The predicted octanol–water partition coefficient (Wildman–Crippen LogP) is 3.18. The largest absolute Gasteiger partial charge is 0.329 e. The molecule has 0 heterocycles. The van der Waals surface area contributed by atoms with Crippen molar-refractivity contribution in [2.45, 2.75) is 31.3 Å². The summed E-state index contributed by atoms with van der Waals surface area (Å²) in [5.41, 5.74) is 7.52. The van der Waals surface area contributed by atoms with Crippen LogP contribution < -0.4 is 5.73 Å². The Kier molecular flexibility index (Phi) is 5.45. The Morgan fingerprint density at radius 2 is 1.88 bits per heavy atom. The second-order valence-electron chi connectivity index (χ2n) is 4.76. The van der Waals surface area contributed by atoms with E-state index in [1.807, 2.05) is 0 Å². The summed E-state index contributed by atoms with van der Waals surface area (Å²) in [5, 5.41) is 0. The molecule has 0 unspecified atom stereocenters. The molecule has 0 atom stereocenters. The van der Waals surface area contributed by atoms with Crippen molar-refractivity contribution in [1.29, 1.82) is 0 Å². The van der Waals surface area contributed by atoms with Crippen LogP contribution in [0.4, 0.5) is 0 Å². The fourth-order valence-electron chi connectivity index (χ4n) is 2.36. The molecule has 2 N–H and O–H groups in total. The van der Waals surface area contributed by atoms with Gasteiger partial charge in [0.05, 0.1) is 0 Å². The quantitative estimate of drug-likeness (QED) is 0.923. The molecule has 4 heteroatoms. The number of hydrogen-bond donors (Lipinski definition) is 1. The van der Waals surface area contributed by atoms with Gasteiger partial charge in [0.15, 0.2) is 0 Å². The standard InChI is InChI=1S/C13H19BrN2.ClH/c1-16(13(10-15)7-2-8-13)9-11-3-5-12(14)6-4-11;/h3-6H,2,7-10,15H2,1H3;1H. The Bertz CT molecular complexity index is 343. The highest BCUT2D eigenvalue weighted by atomic mass is 79.9. The summed E-state index contributed by atoms with van der Waals surface area (Å²) >= 11 is 3.46. The fraction of sp³-hybridized carbons (Fsp3) is 0.538. The highest BCUT2D eigenvalue weighted by Gasteiger charge is 2.39. The Balaban J connectivity index is 0.00000144. The van der Waals surface area contributed by atoms with E-state index in [0.29, 0.717) is 0 Å². The average molecular weight is 320 g/mol. The molecule has 0 aromatic heterocycles. The van der Waals surface area contributed by atoms with Crippen LogP contribution in [0.1, 0.15) is 24.8 Å². The molecule has 1 aliphatic rings. The zero-order valence-electron chi connectivity index (χ0n) is 10.2. The van der Waals surface area contributed by atoms with E-state index in [2.05, 4.69) is 52.1 Å². The first kappa shape index (κ1) is 15.0. The van der Waals surface area contributed by atoms with Crippen molar-refractivity contribution in [3.05, 3.63) is 34.3 Å². The third kappa shape index (κ3) is 3.22. The molecule has 1 aromatic rings. The topological polar surface area (TPSA) is 29.3 Å². The highest BCUT2D eigenvalue weighted by molar-refractivity contribution is 9.10. The van der Waals surface area contributed by atoms with E-state index in [0.717, 1.165) is 17.6 Å². The molecule has 17 heavy (non-hydrogen) atoms. The maximum Gasteiger partial charge on any atom is 0.0332 e. The van der Waals surface area contributed by atoms with Gasteiger partial charge in [-0.05, 0) is 44.0 Å². The molecular formula is C13H20BrClN2. The minimum atomic E-state index is 0. The van der Waals surface area contributed by atoms with Gasteiger partial charge < -0.3 is 5.73 Å². The molecule has 0 aliphatic heterocycles. The van der Waals surface area contributed by atoms with Gasteiger partial charge in [0, 0.05) is 23.1 Å². The van der Waals surface area contributed by atoms with Gasteiger partial charge in [0.2, 0.25) is 0 Å². The number of likely N-dealkylation sites (N-methyl/N-ethyl adjacent to an activating group) is 1. The summed E-state index contributed by atoms with van der Waals surface area (Å²) < 4.78 is 1.14. The lowest BCUT2D eigenvalue weighted by Crippen LogP contribution is -2.56. The van der Waals surface area contributed by atoms with Crippen molar-refractivity contribution in [1.82, 2.24) is 4.90 Å². The summed E-state index contributed by atoms with van der Waals surface area (Å²) in [6, 6.07) is 8.53. The van der Waals surface area contributed by atoms with Crippen LogP contribution in [-0.2, 0) is 6.54 Å². The Morgan fingerprint density at radius 1 is 1.29 bits per heavy atom. The van der Waals surface area contributed by atoms with E-state index in [9.17, 15) is 0 Å². The molecule has 0 spiro atoms. The second-order valence-corrected chi connectivity index (χ2v) is 5.68. The Morgan fingerprint density at radius 3 is 2.29 bits per heavy atom. The number of rotatable bonds is 4. The molecule has 1 fully saturated rings. The minimum absolute atomic E-state index is 0. The molecule has 1 saturated carbocycles. The van der Waals surface area contributed by atoms with E-state index >= 15 is 0 Å². The predicted molar refractivity (Wildman–Crippen MR) is 78.5 cm³/mol. The smallest absolute Gasteiger partial charge is 0.0332 e. The van der Waals surface area contributed by atoms with E-state index in [-0.39, 0.29) is 17.9 Å². The second kappa shape index (κ2) is 6.19. The molecular weight excluding hydrogens is 300 g/mol. The molecule has 0 bridgehead atoms. The number of benzene rings is 1. The maximum atomic E-state index is 5.90. The minimum Gasteiger partial charge on any atom is -0.329 e. The first-order valence-corrected chi connectivity index (χ1v) is 6.61. The van der Waals surface area contributed by atoms with Gasteiger partial charge in [-0.1, -0.05) is 28.1 Å². The molecule has 0 saturated heterocycles. The zero-order chi connectivity index (χ0) is 11.6. The normalized spacial score (nSPS) is 17.4. The zero-order valence-corrected chi connectivity index (χ0v) is 12.6. The van der Waals surface area contributed by atoms with Crippen LogP contribution in [0.2, 0.25) is 0 Å². The number of halogens is 2. The average Bonchev–Trinajstić information content (AvgIpc) is 2.21. The van der Waals surface area contributed by atoms with Crippen LogP contribution in [0.5, 0.6) is 0 Å². The molecule has 96 valence electrons. The van der Waals surface area contributed by atoms with Gasteiger partial charge in [-0.3, -0.25) is 4.90 Å². The van der Waals surface area contributed by atoms with Crippen LogP contribution in [0.25, 0.3) is 0 Å². The summed E-state index contributed by atoms with van der Waals surface area (Å²) in [6.07, 6.45) is 3.81. The Hall–Kier alpha value is -0.0900. The van der Waals surface area contributed by atoms with Gasteiger partial charge in [0.25, 0.3) is 0 Å². The molecule has 1 aromatic carbocycles. The summed E-state index contributed by atoms with van der Waals surface area (Å²) in [7, 11) is 2.19. The number of hydrogen-bond acceptors (Lipinski definition) is 2. The summed E-state index contributed by atoms with van der Waals surface area (Å²) in [6.45, 7) is 1.77. The van der Waals surface area contributed by atoms with Crippen molar-refractivity contribution >= 4 is 28.3 Å². The maximum absolute atomic E-state index is 5.90. The summed E-state index contributed by atoms with van der Waals surface area (Å²) in [4.78, 5) is 2.42. The van der Waals surface area contributed by atoms with Crippen molar-refractivity contribution < 1.29 is 0 Å². The van der Waals surface area contributed by atoms with Gasteiger partial charge >= 0.3 is 0 Å². The van der Waals surface area contributed by atoms with Crippen LogP contribution in [0, 0.1) is 0 Å². The SMILES string of the molecule is CN(Cc1ccc(Br)cc1)C1(CN)CCC1.Cl. The Labute approximate surface area is 118 Å². The van der Waals surface area contributed by atoms with E-state index < -0.39 is 0 Å². The lowest BCUT2D eigenvalue weighted by molar-refractivity contribution is 0.0398. The van der Waals surface area contributed by atoms with E-state index in [1.165, 1.54) is 24.8 Å². The molecule has 0 amide bonds. The van der Waals surface area contributed by atoms with Crippen molar-refractivity contribution in [2.24, 2.45) is 5.73 Å². The lowest BCUT2D eigenvalue weighted by Gasteiger charge is -2.48. The van der Waals surface area contributed by atoms with Crippen LogP contribution in [0.15, 0.2) is 28.7 Å². The third-order valence-electron chi connectivity index (χ3n) is 3.81. The highest BCUT2D eigenvalue weighted by Crippen LogP contribution is 2.36.